The summed E-state index contributed by atoms with van der Waals surface area (Å²) in [5.41, 5.74) is 4.18. The van der Waals surface area contributed by atoms with Gasteiger partial charge < -0.3 is 4.42 Å². The third-order valence-electron chi connectivity index (χ3n) is 8.18. The minimum absolute atomic E-state index is 0.0651. The molecule has 0 radical (unpaired) electrons. The van der Waals surface area contributed by atoms with E-state index in [0.717, 1.165) is 27.2 Å². The molecule has 3 aliphatic carbocycles. The molecule has 0 unspecified atom stereocenters. The van der Waals surface area contributed by atoms with Crippen molar-refractivity contribution in [3.63, 3.8) is 0 Å². The first-order valence-corrected chi connectivity index (χ1v) is 12.6. The van der Waals surface area contributed by atoms with Gasteiger partial charge in [0.1, 0.15) is 5.69 Å². The molecule has 196 valence electrons. The first kappa shape index (κ1) is 23.7. The van der Waals surface area contributed by atoms with Crippen LogP contribution in [-0.4, -0.2) is 28.9 Å². The maximum atomic E-state index is 14.3. The molecular weight excluding hydrogens is 512 g/mol. The number of imide groups is 1. The number of anilines is 1. The van der Waals surface area contributed by atoms with Crippen molar-refractivity contribution in [2.75, 3.05) is 4.90 Å². The highest BCUT2D eigenvalue weighted by Gasteiger charge is 2.68. The zero-order valence-corrected chi connectivity index (χ0v) is 20.8. The van der Waals surface area contributed by atoms with E-state index in [1.54, 1.807) is 12.1 Å². The Balaban J connectivity index is 1.44. The number of nitro benzene ring substituents is 1. The average molecular weight is 533 g/mol. The smallest absolute Gasteiger partial charge is 0.307 e. The molecule has 2 atom stereocenters. The van der Waals surface area contributed by atoms with Gasteiger partial charge in [0.25, 0.3) is 5.69 Å². The van der Waals surface area contributed by atoms with E-state index in [9.17, 15) is 24.5 Å². The third kappa shape index (κ3) is 3.04. The molecule has 8 rings (SSSR count). The Hall–Kier alpha value is -5.38. The van der Waals surface area contributed by atoms with E-state index in [1.807, 2.05) is 48.5 Å². The highest BCUT2D eigenvalue weighted by molar-refractivity contribution is 6.25. The second kappa shape index (κ2) is 8.57. The van der Waals surface area contributed by atoms with Crippen molar-refractivity contribution >= 4 is 35.3 Å². The number of hydrogen-bond donors (Lipinski definition) is 1. The largest absolute Gasteiger partial charge is 0.459 e. The number of hydrogen-bond acceptors (Lipinski definition) is 7. The first-order chi connectivity index (χ1) is 19.4. The molecule has 10 nitrogen and oxygen atoms in total. The van der Waals surface area contributed by atoms with Crippen molar-refractivity contribution in [2.45, 2.75) is 11.3 Å². The van der Waals surface area contributed by atoms with Crippen molar-refractivity contribution in [2.24, 2.45) is 16.9 Å². The highest BCUT2D eigenvalue weighted by Crippen LogP contribution is 2.63. The number of amides is 3. The third-order valence-corrected chi connectivity index (χ3v) is 8.18. The van der Waals surface area contributed by atoms with Crippen LogP contribution in [0.1, 0.15) is 38.7 Å². The normalized spacial score (nSPS) is 24.1. The van der Waals surface area contributed by atoms with Crippen LogP contribution in [0.2, 0.25) is 0 Å². The van der Waals surface area contributed by atoms with E-state index in [1.165, 1.54) is 36.7 Å². The molecule has 40 heavy (non-hydrogen) atoms. The van der Waals surface area contributed by atoms with Gasteiger partial charge in [-0.1, -0.05) is 60.7 Å². The van der Waals surface area contributed by atoms with Gasteiger partial charge in [0.2, 0.25) is 11.8 Å². The Morgan fingerprint density at radius 2 is 1.57 bits per heavy atom. The number of benzene rings is 3. The number of nitrogens with zero attached hydrogens (tertiary/aromatic N) is 3. The van der Waals surface area contributed by atoms with Crippen LogP contribution in [-0.2, 0) is 15.0 Å². The first-order valence-electron chi connectivity index (χ1n) is 12.6. The summed E-state index contributed by atoms with van der Waals surface area (Å²) < 4.78 is 5.16. The Morgan fingerprint density at radius 3 is 2.23 bits per heavy atom. The Labute approximate surface area is 227 Å². The van der Waals surface area contributed by atoms with Crippen LogP contribution < -0.4 is 10.3 Å². The molecule has 4 aliphatic rings. The zero-order valence-electron chi connectivity index (χ0n) is 20.8. The number of furan rings is 1. The standard InChI is InChI=1S/C30H20N4O6/c35-27(23-14-7-15-40-23)32-31-16-30-19-10-3-1-8-17(19)24(18-9-2-4-11-20(18)30)25-26(30)29(37)33(28(25)36)21-12-5-6-13-22(21)34(38)39/h1-16,24-26H,(H,32,35)/b31-16-/t24?,25-,26-,30?/m1/s1. The Bertz CT molecular complexity index is 1710. The van der Waals surface area contributed by atoms with Gasteiger partial charge in [0.05, 0.1) is 28.4 Å². The lowest BCUT2D eigenvalue weighted by atomic mass is 9.47. The molecule has 1 aliphatic heterocycles. The predicted octanol–water partition coefficient (Wildman–Crippen LogP) is 4.15. The van der Waals surface area contributed by atoms with Gasteiger partial charge in [0.15, 0.2) is 5.76 Å². The van der Waals surface area contributed by atoms with Crippen LogP contribution in [0.15, 0.2) is 101 Å². The van der Waals surface area contributed by atoms with E-state index < -0.39 is 45.8 Å². The molecule has 1 N–H and O–H groups in total. The summed E-state index contributed by atoms with van der Waals surface area (Å²) in [5, 5.41) is 16.2. The maximum Gasteiger partial charge on any atom is 0.307 e. The van der Waals surface area contributed by atoms with Crippen LogP contribution in [0.4, 0.5) is 11.4 Å². The van der Waals surface area contributed by atoms with Crippen LogP contribution in [0.3, 0.4) is 0 Å². The Kier molecular flexibility index (Phi) is 5.08. The summed E-state index contributed by atoms with van der Waals surface area (Å²) in [6.07, 6.45) is 2.89. The molecular formula is C30H20N4O6. The zero-order chi connectivity index (χ0) is 27.6. The van der Waals surface area contributed by atoms with Crippen LogP contribution in [0, 0.1) is 22.0 Å². The highest BCUT2D eigenvalue weighted by atomic mass is 16.6. The molecule has 1 aromatic heterocycles. The summed E-state index contributed by atoms with van der Waals surface area (Å²) in [6, 6.07) is 24.0. The lowest BCUT2D eigenvalue weighted by molar-refractivity contribution is -0.384. The van der Waals surface area contributed by atoms with Gasteiger partial charge in [-0.25, -0.2) is 10.3 Å². The minimum atomic E-state index is -1.23. The van der Waals surface area contributed by atoms with E-state index in [4.69, 9.17) is 4.42 Å². The van der Waals surface area contributed by atoms with E-state index in [-0.39, 0.29) is 17.1 Å². The van der Waals surface area contributed by atoms with Gasteiger partial charge in [0, 0.05) is 18.2 Å². The van der Waals surface area contributed by atoms with Crippen molar-refractivity contribution in [1.82, 2.24) is 5.43 Å². The van der Waals surface area contributed by atoms with Crippen molar-refractivity contribution in [3.05, 3.63) is 129 Å². The number of carbonyl (C=O) groups excluding carboxylic acids is 3. The monoisotopic (exact) mass is 532 g/mol. The van der Waals surface area contributed by atoms with Crippen molar-refractivity contribution < 1.29 is 23.7 Å². The fraction of sp³-hybridized carbons (Fsp3) is 0.133. The Morgan fingerprint density at radius 1 is 0.925 bits per heavy atom. The molecule has 1 saturated heterocycles. The number of carbonyl (C=O) groups is 3. The molecule has 0 spiro atoms. The van der Waals surface area contributed by atoms with Gasteiger partial charge in [-0.3, -0.25) is 24.5 Å². The molecule has 1 fully saturated rings. The lowest BCUT2D eigenvalue weighted by Gasteiger charge is -2.52. The van der Waals surface area contributed by atoms with Crippen LogP contribution >= 0.6 is 0 Å². The van der Waals surface area contributed by atoms with E-state index in [0.29, 0.717) is 0 Å². The van der Waals surface area contributed by atoms with Gasteiger partial charge in [-0.15, -0.1) is 0 Å². The number of hydrazone groups is 1. The van der Waals surface area contributed by atoms with Crippen LogP contribution in [0.5, 0.6) is 0 Å². The molecule has 2 bridgehead atoms. The number of nitro groups is 1. The van der Waals surface area contributed by atoms with E-state index >= 15 is 0 Å². The van der Waals surface area contributed by atoms with Gasteiger partial charge >= 0.3 is 5.91 Å². The topological polar surface area (TPSA) is 135 Å². The second-order valence-corrected chi connectivity index (χ2v) is 9.96. The number of nitrogens with one attached hydrogen (secondary N) is 1. The fourth-order valence-corrected chi connectivity index (χ4v) is 6.75. The average Bonchev–Trinajstić information content (AvgIpc) is 3.61. The maximum absolute atomic E-state index is 14.3. The fourth-order valence-electron chi connectivity index (χ4n) is 6.75. The number of rotatable bonds is 5. The number of para-hydroxylation sites is 2. The summed E-state index contributed by atoms with van der Waals surface area (Å²) in [5.74, 6) is -3.78. The molecule has 10 heteroatoms. The van der Waals surface area contributed by atoms with Crippen molar-refractivity contribution in [3.8, 4) is 0 Å². The SMILES string of the molecule is O=C(N/N=C\C12c3ccccc3C(c3ccccc31)[C@H]1C(=O)N(c3ccccc3[N+](=O)[O-])C(=O)[C@@H]12)c1ccco1. The molecule has 0 saturated carbocycles. The summed E-state index contributed by atoms with van der Waals surface area (Å²) in [6.45, 7) is 0. The minimum Gasteiger partial charge on any atom is -0.459 e. The molecule has 4 aromatic rings. The van der Waals surface area contributed by atoms with Crippen LogP contribution in [0.25, 0.3) is 0 Å². The second-order valence-electron chi connectivity index (χ2n) is 9.96. The van der Waals surface area contributed by atoms with Gasteiger partial charge in [-0.05, 0) is 40.5 Å². The predicted molar refractivity (Wildman–Crippen MR) is 143 cm³/mol. The molecule has 2 heterocycles. The summed E-state index contributed by atoms with van der Waals surface area (Å²) >= 11 is 0. The molecule has 3 amide bonds. The summed E-state index contributed by atoms with van der Waals surface area (Å²) in [4.78, 5) is 53.3. The quantitative estimate of drug-likeness (QED) is 0.178. The van der Waals surface area contributed by atoms with Gasteiger partial charge in [-0.2, -0.15) is 5.10 Å². The van der Waals surface area contributed by atoms with Crippen molar-refractivity contribution in [1.29, 1.82) is 0 Å². The molecule has 3 aromatic carbocycles. The van der Waals surface area contributed by atoms with E-state index in [2.05, 4.69) is 10.5 Å². The summed E-state index contributed by atoms with van der Waals surface area (Å²) in [7, 11) is 0. The lowest BCUT2D eigenvalue weighted by Crippen LogP contribution is -2.54.